The second-order valence-electron chi connectivity index (χ2n) is 8.37. The van der Waals surface area contributed by atoms with Crippen LogP contribution in [-0.2, 0) is 9.30 Å². The molecule has 1 aliphatic heterocycles. The number of nitrogens with zero attached hydrogens (tertiary/aromatic N) is 2. The van der Waals surface area contributed by atoms with Crippen molar-refractivity contribution in [2.24, 2.45) is 10.2 Å². The van der Waals surface area contributed by atoms with Gasteiger partial charge in [0.05, 0.1) is 5.92 Å². The Morgan fingerprint density at radius 3 is 2.12 bits per heavy atom. The number of hydrogen-bond acceptors (Lipinski definition) is 4. The molecule has 0 spiro atoms. The van der Waals surface area contributed by atoms with Crippen molar-refractivity contribution in [2.45, 2.75) is 23.2 Å². The van der Waals surface area contributed by atoms with Crippen LogP contribution >= 0.6 is 7.14 Å². The van der Waals surface area contributed by atoms with Crippen molar-refractivity contribution in [1.82, 2.24) is 0 Å². The van der Waals surface area contributed by atoms with E-state index in [1.54, 1.807) is 0 Å². The van der Waals surface area contributed by atoms with Gasteiger partial charge in [-0.15, -0.1) is 6.42 Å². The summed E-state index contributed by atoms with van der Waals surface area (Å²) in [7, 11) is -3.27. The second kappa shape index (κ2) is 7.05. The van der Waals surface area contributed by atoms with Crippen LogP contribution in [0.5, 0.6) is 0 Å². The third kappa shape index (κ3) is 2.32. The fourth-order valence-corrected chi connectivity index (χ4v) is 9.49. The van der Waals surface area contributed by atoms with Crippen molar-refractivity contribution in [1.29, 1.82) is 0 Å². The van der Waals surface area contributed by atoms with Gasteiger partial charge in [-0.05, 0) is 17.2 Å². The van der Waals surface area contributed by atoms with Gasteiger partial charge in [-0.3, -0.25) is 0 Å². The van der Waals surface area contributed by atoms with Gasteiger partial charge in [-0.1, -0.05) is 90.8 Å². The topological polar surface area (TPSA) is 51.0 Å². The Balaban J connectivity index is 1.66. The van der Waals surface area contributed by atoms with E-state index in [0.29, 0.717) is 0 Å². The fraction of sp³-hybridized carbons (Fsp3) is 0.185. The van der Waals surface area contributed by atoms with Crippen molar-refractivity contribution < 1.29 is 9.30 Å². The maximum Gasteiger partial charge on any atom is 0.172 e. The highest BCUT2D eigenvalue weighted by atomic mass is 31.2. The largest absolute Gasteiger partial charge is 0.483 e. The molecule has 1 heterocycles. The molecular weight excluding hydrogens is 415 g/mol. The number of terminal acetylenes is 1. The summed E-state index contributed by atoms with van der Waals surface area (Å²) in [6.07, 6.45) is 7.53. The molecule has 4 atom stereocenters. The molecule has 0 saturated heterocycles. The van der Waals surface area contributed by atoms with Gasteiger partial charge in [0.2, 0.25) is 0 Å². The Morgan fingerprint density at radius 2 is 1.50 bits per heavy atom. The van der Waals surface area contributed by atoms with E-state index < -0.39 is 12.4 Å². The van der Waals surface area contributed by atoms with Crippen molar-refractivity contribution >= 4 is 17.8 Å². The molecule has 0 N–H and O–H groups in total. The van der Waals surface area contributed by atoms with E-state index in [0.717, 1.165) is 27.5 Å². The SMILES string of the molecule is C#CCOC1=CC2c3ccccc3C3C1N=NC23P(=O)(c1ccccc1)c1ccccc1. The number of azo groups is 1. The van der Waals surface area contributed by atoms with Crippen LogP contribution in [0.25, 0.3) is 0 Å². The highest BCUT2D eigenvalue weighted by Crippen LogP contribution is 2.76. The first-order chi connectivity index (χ1) is 15.7. The Labute approximate surface area is 187 Å². The molecular formula is C27H21N2O2P. The lowest BCUT2D eigenvalue weighted by Crippen LogP contribution is -2.45. The summed E-state index contributed by atoms with van der Waals surface area (Å²) in [6, 6.07) is 27.5. The molecule has 6 rings (SSSR count). The van der Waals surface area contributed by atoms with Crippen LogP contribution in [0.4, 0.5) is 0 Å². The molecule has 3 aromatic carbocycles. The molecule has 3 aliphatic rings. The average molecular weight is 436 g/mol. The van der Waals surface area contributed by atoms with Gasteiger partial charge < -0.3 is 9.30 Å². The van der Waals surface area contributed by atoms with E-state index in [1.807, 2.05) is 72.8 Å². The summed E-state index contributed by atoms with van der Waals surface area (Å²) in [5, 5.41) is 10.3. The van der Waals surface area contributed by atoms with Crippen molar-refractivity contribution in [3.8, 4) is 12.3 Å². The lowest BCUT2D eigenvalue weighted by Gasteiger charge is -2.42. The van der Waals surface area contributed by atoms with Gasteiger partial charge in [0.25, 0.3) is 0 Å². The maximum atomic E-state index is 15.5. The van der Waals surface area contributed by atoms with Gasteiger partial charge in [-0.2, -0.15) is 10.2 Å². The molecule has 0 fully saturated rings. The zero-order valence-corrected chi connectivity index (χ0v) is 18.2. The number of benzene rings is 3. The van der Waals surface area contributed by atoms with Crippen LogP contribution in [0.1, 0.15) is 23.0 Å². The van der Waals surface area contributed by atoms with Gasteiger partial charge in [-0.25, -0.2) is 0 Å². The van der Waals surface area contributed by atoms with E-state index in [2.05, 4.69) is 24.1 Å². The third-order valence-corrected chi connectivity index (χ3v) is 10.6. The first-order valence-corrected chi connectivity index (χ1v) is 12.4. The van der Waals surface area contributed by atoms with Crippen LogP contribution in [-0.4, -0.2) is 17.9 Å². The smallest absolute Gasteiger partial charge is 0.172 e. The standard InChI is InChI=1S/C27H21N2O2P/c1-2-17-31-24-18-23-21-15-9-10-16-22(21)25-26(24)28-29-27(23,25)32(30,19-11-5-3-6-12-19)20-13-7-4-8-14-20/h1,3-16,18,23,25-26H,17H2. The molecule has 4 unspecified atom stereocenters. The molecule has 0 saturated carbocycles. The lowest BCUT2D eigenvalue weighted by molar-refractivity contribution is 0.214. The van der Waals surface area contributed by atoms with E-state index in [-0.39, 0.29) is 24.5 Å². The number of rotatable bonds is 5. The van der Waals surface area contributed by atoms with Crippen molar-refractivity contribution in [3.05, 3.63) is 108 Å². The van der Waals surface area contributed by atoms with E-state index in [9.17, 15) is 0 Å². The zero-order valence-electron chi connectivity index (χ0n) is 17.3. The van der Waals surface area contributed by atoms with E-state index >= 15 is 4.57 Å². The fourth-order valence-electron chi connectivity index (χ4n) is 5.72. The minimum Gasteiger partial charge on any atom is -0.483 e. The Kier molecular flexibility index (Phi) is 4.25. The first kappa shape index (κ1) is 19.3. The van der Waals surface area contributed by atoms with Gasteiger partial charge >= 0.3 is 0 Å². The van der Waals surface area contributed by atoms with Crippen LogP contribution in [0.3, 0.4) is 0 Å². The normalized spacial score (nSPS) is 26.8. The Hall–Kier alpha value is -3.41. The predicted molar refractivity (Wildman–Crippen MR) is 126 cm³/mol. The maximum absolute atomic E-state index is 15.5. The molecule has 4 nitrogen and oxygen atoms in total. The molecule has 0 amide bonds. The molecule has 0 radical (unpaired) electrons. The predicted octanol–water partition coefficient (Wildman–Crippen LogP) is 4.96. The molecule has 0 aromatic heterocycles. The number of fused-ring (bicyclic) bond motifs is 2. The highest BCUT2D eigenvalue weighted by Gasteiger charge is 2.71. The average Bonchev–Trinajstić information content (AvgIpc) is 3.27. The van der Waals surface area contributed by atoms with Crippen molar-refractivity contribution in [2.75, 3.05) is 6.61 Å². The minimum absolute atomic E-state index is 0.173. The molecule has 2 aliphatic carbocycles. The summed E-state index contributed by atoms with van der Waals surface area (Å²) in [5.41, 5.74) is 2.29. The van der Waals surface area contributed by atoms with Crippen LogP contribution in [0.2, 0.25) is 0 Å². The number of hydrogen-bond donors (Lipinski definition) is 0. The summed E-state index contributed by atoms with van der Waals surface area (Å²) < 4.78 is 21.5. The third-order valence-electron chi connectivity index (χ3n) is 6.93. The monoisotopic (exact) mass is 436 g/mol. The summed E-state index contributed by atoms with van der Waals surface area (Å²) in [5.74, 6) is 2.89. The first-order valence-electron chi connectivity index (χ1n) is 10.7. The molecule has 5 heteroatoms. The Morgan fingerprint density at radius 1 is 0.906 bits per heavy atom. The van der Waals surface area contributed by atoms with Crippen LogP contribution in [0, 0.1) is 12.3 Å². The van der Waals surface area contributed by atoms with Gasteiger partial charge in [0, 0.05) is 16.5 Å². The number of ether oxygens (including phenoxy) is 1. The summed E-state index contributed by atoms with van der Waals surface area (Å²) >= 11 is 0. The van der Waals surface area contributed by atoms with Crippen LogP contribution in [0.15, 0.2) is 107 Å². The van der Waals surface area contributed by atoms with E-state index in [4.69, 9.17) is 21.4 Å². The molecule has 32 heavy (non-hydrogen) atoms. The minimum atomic E-state index is -3.27. The lowest BCUT2D eigenvalue weighted by atomic mass is 9.83. The summed E-state index contributed by atoms with van der Waals surface area (Å²) in [6.45, 7) is 0.176. The van der Waals surface area contributed by atoms with Gasteiger partial charge in [0.15, 0.2) is 12.4 Å². The van der Waals surface area contributed by atoms with E-state index in [1.165, 1.54) is 0 Å². The molecule has 4 bridgehead atoms. The zero-order chi connectivity index (χ0) is 21.8. The van der Waals surface area contributed by atoms with Gasteiger partial charge in [0.1, 0.15) is 18.4 Å². The summed E-state index contributed by atoms with van der Waals surface area (Å²) in [4.78, 5) is 0. The highest BCUT2D eigenvalue weighted by molar-refractivity contribution is 7.80. The quantitative estimate of drug-likeness (QED) is 0.419. The second-order valence-corrected chi connectivity index (χ2v) is 11.3. The molecule has 156 valence electrons. The van der Waals surface area contributed by atoms with Crippen molar-refractivity contribution in [3.63, 3.8) is 0 Å². The molecule has 3 aromatic rings. The van der Waals surface area contributed by atoms with Crippen LogP contribution < -0.4 is 10.6 Å². The Bertz CT molecular complexity index is 1300.